The van der Waals surface area contributed by atoms with Gasteiger partial charge >= 0.3 is 0 Å². The van der Waals surface area contributed by atoms with Crippen LogP contribution in [-0.2, 0) is 7.05 Å². The molecule has 2 rings (SSSR count). The average molecular weight is 207 g/mol. The van der Waals surface area contributed by atoms with E-state index in [2.05, 4.69) is 5.10 Å². The number of hydrogen-bond acceptors (Lipinski definition) is 4. The summed E-state index contributed by atoms with van der Waals surface area (Å²) in [6, 6.07) is 1.54. The van der Waals surface area contributed by atoms with Crippen molar-refractivity contribution in [3.8, 4) is 5.75 Å². The van der Waals surface area contributed by atoms with Crippen molar-refractivity contribution in [2.75, 3.05) is 7.11 Å². The summed E-state index contributed by atoms with van der Waals surface area (Å²) in [6.07, 6.45) is 4.87. The molecule has 15 heavy (non-hydrogen) atoms. The van der Waals surface area contributed by atoms with E-state index in [1.807, 2.05) is 13.1 Å². The molecule has 0 fully saturated rings. The van der Waals surface area contributed by atoms with Crippen LogP contribution in [0.4, 0.5) is 0 Å². The van der Waals surface area contributed by atoms with Gasteiger partial charge in [0.1, 0.15) is 5.69 Å². The quantitative estimate of drug-likeness (QED) is 0.817. The van der Waals surface area contributed by atoms with E-state index >= 15 is 0 Å². The Bertz CT molecular complexity index is 433. The van der Waals surface area contributed by atoms with Crippen LogP contribution in [0.5, 0.6) is 5.75 Å². The second-order valence-corrected chi connectivity index (χ2v) is 3.26. The van der Waals surface area contributed by atoms with Crippen molar-refractivity contribution in [1.82, 2.24) is 9.78 Å². The van der Waals surface area contributed by atoms with E-state index in [4.69, 9.17) is 14.9 Å². The maximum atomic E-state index is 6.08. The van der Waals surface area contributed by atoms with Gasteiger partial charge in [-0.05, 0) is 6.07 Å². The van der Waals surface area contributed by atoms with Crippen LogP contribution in [0.2, 0.25) is 0 Å². The van der Waals surface area contributed by atoms with Crippen molar-refractivity contribution in [3.05, 3.63) is 36.0 Å². The number of rotatable bonds is 3. The molecular formula is C10H13N3O2. The van der Waals surface area contributed by atoms with Gasteiger partial charge in [-0.15, -0.1) is 0 Å². The first-order chi connectivity index (χ1) is 7.24. The van der Waals surface area contributed by atoms with Crippen LogP contribution >= 0.6 is 0 Å². The molecule has 0 saturated heterocycles. The van der Waals surface area contributed by atoms with Crippen molar-refractivity contribution >= 4 is 0 Å². The highest BCUT2D eigenvalue weighted by molar-refractivity contribution is 5.34. The van der Waals surface area contributed by atoms with Crippen LogP contribution in [0.25, 0.3) is 0 Å². The van der Waals surface area contributed by atoms with Crippen LogP contribution < -0.4 is 10.5 Å². The highest BCUT2D eigenvalue weighted by atomic mass is 16.5. The van der Waals surface area contributed by atoms with Crippen LogP contribution in [0, 0.1) is 0 Å². The maximum Gasteiger partial charge on any atom is 0.161 e. The number of aryl methyl sites for hydroxylation is 1. The lowest BCUT2D eigenvalue weighted by Gasteiger charge is -2.11. The first-order valence-corrected chi connectivity index (χ1v) is 4.57. The number of furan rings is 1. The Morgan fingerprint density at radius 1 is 1.60 bits per heavy atom. The van der Waals surface area contributed by atoms with E-state index in [0.717, 1.165) is 11.3 Å². The fourth-order valence-corrected chi connectivity index (χ4v) is 1.55. The third-order valence-electron chi connectivity index (χ3n) is 2.37. The molecule has 0 spiro atoms. The van der Waals surface area contributed by atoms with Gasteiger partial charge in [0.2, 0.25) is 0 Å². The molecule has 5 heteroatoms. The van der Waals surface area contributed by atoms with Gasteiger partial charge in [-0.3, -0.25) is 4.68 Å². The molecule has 0 amide bonds. The Labute approximate surface area is 87.4 Å². The molecular weight excluding hydrogens is 194 g/mol. The predicted molar refractivity (Wildman–Crippen MR) is 54.5 cm³/mol. The van der Waals surface area contributed by atoms with Gasteiger partial charge in [-0.25, -0.2) is 0 Å². The number of nitrogens with zero attached hydrogens (tertiary/aromatic N) is 2. The molecule has 0 aromatic carbocycles. The van der Waals surface area contributed by atoms with Gasteiger partial charge in [-0.1, -0.05) is 0 Å². The summed E-state index contributed by atoms with van der Waals surface area (Å²) in [5.41, 5.74) is 7.81. The minimum absolute atomic E-state index is 0.286. The lowest BCUT2D eigenvalue weighted by Crippen LogP contribution is -2.16. The lowest BCUT2D eigenvalue weighted by atomic mass is 10.1. The fourth-order valence-electron chi connectivity index (χ4n) is 1.55. The van der Waals surface area contributed by atoms with E-state index in [9.17, 15) is 0 Å². The summed E-state index contributed by atoms with van der Waals surface area (Å²) in [5, 5.41) is 4.10. The molecule has 0 bridgehead atoms. The van der Waals surface area contributed by atoms with Gasteiger partial charge in [-0.2, -0.15) is 5.10 Å². The van der Waals surface area contributed by atoms with E-state index in [1.54, 1.807) is 30.5 Å². The standard InChI is InChI=1S/C10H13N3O2/c1-13-10(8(14-2)5-12-13)9(11)7-3-4-15-6-7/h3-6,9H,11H2,1-2H3. The van der Waals surface area contributed by atoms with Crippen molar-refractivity contribution in [2.45, 2.75) is 6.04 Å². The highest BCUT2D eigenvalue weighted by Crippen LogP contribution is 2.27. The molecule has 80 valence electrons. The largest absolute Gasteiger partial charge is 0.493 e. The molecule has 2 aromatic rings. The Morgan fingerprint density at radius 2 is 2.40 bits per heavy atom. The number of nitrogens with two attached hydrogens (primary N) is 1. The summed E-state index contributed by atoms with van der Waals surface area (Å²) >= 11 is 0. The maximum absolute atomic E-state index is 6.08. The predicted octanol–water partition coefficient (Wildman–Crippen LogP) is 1.07. The number of methoxy groups -OCH3 is 1. The van der Waals surface area contributed by atoms with Crippen molar-refractivity contribution in [3.63, 3.8) is 0 Å². The summed E-state index contributed by atoms with van der Waals surface area (Å²) in [5.74, 6) is 0.686. The normalized spacial score (nSPS) is 12.7. The summed E-state index contributed by atoms with van der Waals surface area (Å²) < 4.78 is 11.9. The number of hydrogen-bond donors (Lipinski definition) is 1. The Hall–Kier alpha value is -1.75. The van der Waals surface area contributed by atoms with Crippen LogP contribution in [0.15, 0.2) is 29.2 Å². The zero-order chi connectivity index (χ0) is 10.8. The van der Waals surface area contributed by atoms with Gasteiger partial charge in [0.25, 0.3) is 0 Å². The number of aromatic nitrogens is 2. The van der Waals surface area contributed by atoms with E-state index in [1.165, 1.54) is 0 Å². The SMILES string of the molecule is COc1cnn(C)c1C(N)c1ccoc1. The summed E-state index contributed by atoms with van der Waals surface area (Å²) in [4.78, 5) is 0. The third kappa shape index (κ3) is 1.61. The molecule has 2 aromatic heterocycles. The Kier molecular flexibility index (Phi) is 2.47. The van der Waals surface area contributed by atoms with Crippen molar-refractivity contribution in [1.29, 1.82) is 0 Å². The molecule has 0 saturated carbocycles. The molecule has 1 unspecified atom stereocenters. The molecule has 0 radical (unpaired) electrons. The molecule has 2 N–H and O–H groups in total. The van der Waals surface area contributed by atoms with Crippen LogP contribution in [-0.4, -0.2) is 16.9 Å². The summed E-state index contributed by atoms with van der Waals surface area (Å²) in [7, 11) is 3.43. The van der Waals surface area contributed by atoms with Gasteiger partial charge < -0.3 is 14.9 Å². The van der Waals surface area contributed by atoms with E-state index in [-0.39, 0.29) is 6.04 Å². The first kappa shape index (κ1) is 9.79. The van der Waals surface area contributed by atoms with Gasteiger partial charge in [0, 0.05) is 12.6 Å². The Morgan fingerprint density at radius 3 is 3.00 bits per heavy atom. The zero-order valence-corrected chi connectivity index (χ0v) is 8.68. The minimum Gasteiger partial charge on any atom is -0.493 e. The highest BCUT2D eigenvalue weighted by Gasteiger charge is 2.19. The second-order valence-electron chi connectivity index (χ2n) is 3.26. The first-order valence-electron chi connectivity index (χ1n) is 4.57. The topological polar surface area (TPSA) is 66.2 Å². The molecule has 0 aliphatic heterocycles. The molecule has 1 atom stereocenters. The molecule has 5 nitrogen and oxygen atoms in total. The van der Waals surface area contributed by atoms with Crippen molar-refractivity contribution in [2.24, 2.45) is 12.8 Å². The van der Waals surface area contributed by atoms with Gasteiger partial charge in [0.15, 0.2) is 5.75 Å². The fraction of sp³-hybridized carbons (Fsp3) is 0.300. The van der Waals surface area contributed by atoms with Gasteiger partial charge in [0.05, 0.1) is 31.9 Å². The second kappa shape index (κ2) is 3.78. The molecule has 0 aliphatic rings. The third-order valence-corrected chi connectivity index (χ3v) is 2.37. The van der Waals surface area contributed by atoms with Crippen LogP contribution in [0.3, 0.4) is 0 Å². The zero-order valence-electron chi connectivity index (χ0n) is 8.68. The number of ether oxygens (including phenoxy) is 1. The minimum atomic E-state index is -0.286. The van der Waals surface area contributed by atoms with E-state index < -0.39 is 0 Å². The average Bonchev–Trinajstić information content (AvgIpc) is 2.85. The van der Waals surface area contributed by atoms with Crippen LogP contribution in [0.1, 0.15) is 17.3 Å². The summed E-state index contributed by atoms with van der Waals surface area (Å²) in [6.45, 7) is 0. The van der Waals surface area contributed by atoms with Crippen molar-refractivity contribution < 1.29 is 9.15 Å². The molecule has 2 heterocycles. The van der Waals surface area contributed by atoms with E-state index in [0.29, 0.717) is 5.75 Å². The molecule has 0 aliphatic carbocycles. The smallest absolute Gasteiger partial charge is 0.161 e. The Balaban J connectivity index is 2.40. The monoisotopic (exact) mass is 207 g/mol. The lowest BCUT2D eigenvalue weighted by molar-refractivity contribution is 0.405.